The molecule has 1 aliphatic rings. The highest BCUT2D eigenvalue weighted by Crippen LogP contribution is 2.46. The van der Waals surface area contributed by atoms with Gasteiger partial charge in [-0.2, -0.15) is 4.57 Å². The molecule has 154 valence electrons. The molecular weight excluding hydrogens is 519 g/mol. The lowest BCUT2D eigenvalue weighted by atomic mass is 10.2. The number of halogens is 1. The van der Waals surface area contributed by atoms with Gasteiger partial charge in [0.25, 0.3) is 5.01 Å². The van der Waals surface area contributed by atoms with Crippen molar-refractivity contribution in [2.75, 3.05) is 11.4 Å². The Kier molecular flexibility index (Phi) is 7.60. The Morgan fingerprint density at radius 3 is 2.47 bits per heavy atom. The number of nitrogens with zero attached hydrogens (tertiary/aromatic N) is 2. The van der Waals surface area contributed by atoms with Crippen molar-refractivity contribution in [2.24, 2.45) is 0 Å². The first-order valence-electron chi connectivity index (χ1n) is 9.87. The highest BCUT2D eigenvalue weighted by molar-refractivity contribution is 8.03. The van der Waals surface area contributed by atoms with Crippen LogP contribution in [0.25, 0.3) is 28.4 Å². The maximum atomic E-state index is 3.90. The lowest BCUT2D eigenvalue weighted by Crippen LogP contribution is -3.00. The minimum Gasteiger partial charge on any atom is -1.00 e. The minimum atomic E-state index is 0. The average Bonchev–Trinajstić information content (AvgIpc) is 3.29. The molecule has 4 rings (SSSR count). The first-order chi connectivity index (χ1) is 14.2. The fourth-order valence-corrected chi connectivity index (χ4v) is 5.84. The Bertz CT molecular complexity index is 1160. The highest BCUT2D eigenvalue weighted by Gasteiger charge is 2.23. The van der Waals surface area contributed by atoms with E-state index in [2.05, 4.69) is 91.1 Å². The summed E-state index contributed by atoms with van der Waals surface area (Å²) < 4.78 is 3.67. The molecule has 1 aromatic heterocycles. The predicted molar refractivity (Wildman–Crippen MR) is 130 cm³/mol. The van der Waals surface area contributed by atoms with Gasteiger partial charge in [0.1, 0.15) is 11.2 Å². The second-order valence-corrected chi connectivity index (χ2v) is 8.88. The normalized spacial score (nSPS) is 14.3. The highest BCUT2D eigenvalue weighted by atomic mass is 127. The molecule has 0 spiro atoms. The van der Waals surface area contributed by atoms with E-state index < -0.39 is 0 Å². The van der Waals surface area contributed by atoms with Crippen molar-refractivity contribution in [1.29, 1.82) is 0 Å². The average molecular weight is 545 g/mol. The molecule has 0 amide bonds. The summed E-state index contributed by atoms with van der Waals surface area (Å²) in [5, 5.41) is 2.52. The number of fused-ring (bicyclic) bond motifs is 2. The zero-order valence-corrected chi connectivity index (χ0v) is 21.1. The predicted octanol–water partition coefficient (Wildman–Crippen LogP) is 3.99. The molecule has 0 atom stereocenters. The van der Waals surface area contributed by atoms with Crippen molar-refractivity contribution in [3.05, 3.63) is 82.9 Å². The molecule has 30 heavy (non-hydrogen) atoms. The summed E-state index contributed by atoms with van der Waals surface area (Å²) in [6, 6.07) is 13.1. The van der Waals surface area contributed by atoms with Crippen molar-refractivity contribution in [3.8, 4) is 0 Å². The number of aryl methyl sites for hydroxylation is 1. The molecule has 0 saturated carbocycles. The van der Waals surface area contributed by atoms with Gasteiger partial charge in [0.05, 0.1) is 10.7 Å². The Morgan fingerprint density at radius 2 is 1.77 bits per heavy atom. The van der Waals surface area contributed by atoms with E-state index in [4.69, 9.17) is 0 Å². The molecule has 2 nitrogen and oxygen atoms in total. The Morgan fingerprint density at radius 1 is 1.03 bits per heavy atom. The topological polar surface area (TPSA) is 7.12 Å². The number of hydrogen-bond donors (Lipinski definition) is 0. The van der Waals surface area contributed by atoms with E-state index >= 15 is 0 Å². The first kappa shape index (κ1) is 22.8. The molecule has 0 unspecified atom stereocenters. The fourth-order valence-electron chi connectivity index (χ4n) is 3.60. The van der Waals surface area contributed by atoms with Crippen LogP contribution in [0.2, 0.25) is 0 Å². The molecule has 2 heterocycles. The smallest absolute Gasteiger partial charge is 0.262 e. The first-order valence-corrected chi connectivity index (χ1v) is 11.5. The van der Waals surface area contributed by atoms with E-state index in [1.54, 1.807) is 0 Å². The summed E-state index contributed by atoms with van der Waals surface area (Å²) in [4.78, 5) is 3.67. The lowest BCUT2D eigenvalue weighted by Gasteiger charge is -2.17. The van der Waals surface area contributed by atoms with Crippen molar-refractivity contribution in [2.45, 2.75) is 25.3 Å². The van der Waals surface area contributed by atoms with E-state index in [1.165, 1.54) is 30.8 Å². The van der Waals surface area contributed by atoms with Gasteiger partial charge in [0.2, 0.25) is 5.52 Å². The number of thioether (sulfide) groups is 1. The van der Waals surface area contributed by atoms with Gasteiger partial charge >= 0.3 is 0 Å². The number of hydrogen-bond acceptors (Lipinski definition) is 3. The van der Waals surface area contributed by atoms with Crippen LogP contribution in [0, 0.1) is 0 Å². The second-order valence-electron chi connectivity index (χ2n) is 6.76. The zero-order chi connectivity index (χ0) is 20.4. The van der Waals surface area contributed by atoms with Gasteiger partial charge in [-0.3, -0.25) is 0 Å². The van der Waals surface area contributed by atoms with Gasteiger partial charge in [-0.1, -0.05) is 66.6 Å². The van der Waals surface area contributed by atoms with Gasteiger partial charge in [0.15, 0.2) is 0 Å². The number of aromatic nitrogens is 1. The van der Waals surface area contributed by atoms with Crippen LogP contribution in [0.15, 0.2) is 71.6 Å². The molecule has 0 bridgehead atoms. The van der Waals surface area contributed by atoms with Crippen molar-refractivity contribution >= 4 is 57.2 Å². The third-order valence-corrected chi connectivity index (χ3v) is 7.35. The third-order valence-electron chi connectivity index (χ3n) is 5.09. The Balaban J connectivity index is 0.00000256. The van der Waals surface area contributed by atoms with E-state index in [9.17, 15) is 0 Å². The second kappa shape index (κ2) is 9.98. The molecular formula is C25H25IN2S2. The molecule has 2 aromatic carbocycles. The lowest BCUT2D eigenvalue weighted by molar-refractivity contribution is -0.665. The van der Waals surface area contributed by atoms with Crippen molar-refractivity contribution < 1.29 is 28.5 Å². The van der Waals surface area contributed by atoms with Gasteiger partial charge in [0, 0.05) is 23.6 Å². The molecule has 0 fully saturated rings. The van der Waals surface area contributed by atoms with E-state index in [0.29, 0.717) is 0 Å². The van der Waals surface area contributed by atoms with Gasteiger partial charge in [-0.05, 0) is 49.2 Å². The van der Waals surface area contributed by atoms with Gasteiger partial charge < -0.3 is 28.9 Å². The maximum Gasteiger partial charge on any atom is 0.262 e. The standard InChI is InChI=1S/C25H25N2S2.HI/c1-5-18-12-14-22-20(16-18)26(7-3)24(28-22)10-9-11-25-27(8-4)21-17-19(6-2)13-15-23(21)29-25;/h5-6,9-17H,1-2,7-8H2,3-4H3;1H/q+1;/p-1. The summed E-state index contributed by atoms with van der Waals surface area (Å²) in [6.45, 7) is 14.1. The van der Waals surface area contributed by atoms with Crippen LogP contribution in [0.1, 0.15) is 30.0 Å². The van der Waals surface area contributed by atoms with Crippen LogP contribution in [0.3, 0.4) is 0 Å². The Hall–Kier alpha value is -1.83. The summed E-state index contributed by atoms with van der Waals surface area (Å²) in [5.41, 5.74) is 4.87. The van der Waals surface area contributed by atoms with E-state index in [1.807, 2.05) is 35.3 Å². The maximum absolute atomic E-state index is 3.90. The molecule has 0 saturated heterocycles. The molecule has 0 aliphatic carbocycles. The van der Waals surface area contributed by atoms with Crippen molar-refractivity contribution in [3.63, 3.8) is 0 Å². The minimum absolute atomic E-state index is 0. The molecule has 5 heteroatoms. The summed E-state index contributed by atoms with van der Waals surface area (Å²) in [7, 11) is 0. The van der Waals surface area contributed by atoms with Gasteiger partial charge in [-0.25, -0.2) is 0 Å². The Labute approximate surface area is 204 Å². The number of rotatable bonds is 6. The van der Waals surface area contributed by atoms with E-state index in [0.717, 1.165) is 24.2 Å². The monoisotopic (exact) mass is 544 g/mol. The summed E-state index contributed by atoms with van der Waals surface area (Å²) in [5.74, 6) is 0. The largest absolute Gasteiger partial charge is 1.00 e. The quantitative estimate of drug-likeness (QED) is 0.343. The van der Waals surface area contributed by atoms with E-state index in [-0.39, 0.29) is 24.0 Å². The number of benzene rings is 2. The number of anilines is 1. The number of thiazole rings is 1. The van der Waals surface area contributed by atoms with Crippen LogP contribution in [0.4, 0.5) is 5.69 Å². The number of allylic oxidation sites excluding steroid dienone is 2. The molecule has 0 radical (unpaired) electrons. The molecule has 0 N–H and O–H groups in total. The van der Waals surface area contributed by atoms with Crippen molar-refractivity contribution in [1.82, 2.24) is 0 Å². The fraction of sp³-hybridized carbons (Fsp3) is 0.160. The SMILES string of the molecule is C=Cc1ccc2c(c1)N(CC)/C(=C\C=C\c1sc3ccc(C=C)cc3[n+]1CC)S2.[I-]. The van der Waals surface area contributed by atoms with Crippen LogP contribution in [-0.4, -0.2) is 6.54 Å². The van der Waals surface area contributed by atoms with Gasteiger partial charge in [-0.15, -0.1) is 0 Å². The zero-order valence-electron chi connectivity index (χ0n) is 17.3. The summed E-state index contributed by atoms with van der Waals surface area (Å²) >= 11 is 3.66. The molecule has 3 aromatic rings. The summed E-state index contributed by atoms with van der Waals surface area (Å²) in [6.07, 6.45) is 10.4. The van der Waals surface area contributed by atoms with Crippen LogP contribution >= 0.6 is 23.1 Å². The van der Waals surface area contributed by atoms with Crippen LogP contribution < -0.4 is 33.4 Å². The van der Waals surface area contributed by atoms with Crippen LogP contribution in [-0.2, 0) is 6.54 Å². The third kappa shape index (κ3) is 4.29. The molecule has 1 aliphatic heterocycles. The van der Waals surface area contributed by atoms with Crippen LogP contribution in [0.5, 0.6) is 0 Å².